The maximum absolute atomic E-state index is 13.8. The molecule has 1 aromatic rings. The van der Waals surface area contributed by atoms with Crippen LogP contribution in [0.5, 0.6) is 0 Å². The van der Waals surface area contributed by atoms with Crippen LogP contribution in [0.25, 0.3) is 0 Å². The standard InChI is InChI=1S/C14H19FN2O4/c1-4-9(3)8-16(5-2)12-7-11(15)10(14(18)19)6-13(12)17(20)21/h6-7,9H,4-5,8H2,1-3H3,(H,18,19). The first kappa shape index (κ1) is 16.9. The van der Waals surface area contributed by atoms with Gasteiger partial charge in [0.25, 0.3) is 5.69 Å². The fourth-order valence-electron chi connectivity index (χ4n) is 2.02. The molecule has 1 unspecified atom stereocenters. The molecule has 0 aromatic heterocycles. The Kier molecular flexibility index (Phi) is 5.63. The summed E-state index contributed by atoms with van der Waals surface area (Å²) in [5.41, 5.74) is -0.964. The van der Waals surface area contributed by atoms with Crippen LogP contribution >= 0.6 is 0 Å². The molecule has 1 N–H and O–H groups in total. The van der Waals surface area contributed by atoms with Crippen molar-refractivity contribution in [1.29, 1.82) is 0 Å². The molecule has 0 saturated heterocycles. The van der Waals surface area contributed by atoms with Crippen LogP contribution in [0.4, 0.5) is 15.8 Å². The molecule has 0 aliphatic carbocycles. The summed E-state index contributed by atoms with van der Waals surface area (Å²) in [5.74, 6) is -2.20. The van der Waals surface area contributed by atoms with Gasteiger partial charge in [0.1, 0.15) is 17.1 Å². The van der Waals surface area contributed by atoms with Crippen molar-refractivity contribution in [2.24, 2.45) is 5.92 Å². The number of aromatic carboxylic acids is 1. The number of carboxylic acid groups (broad SMARTS) is 1. The summed E-state index contributed by atoms with van der Waals surface area (Å²) in [6, 6.07) is 1.72. The molecule has 6 nitrogen and oxygen atoms in total. The lowest BCUT2D eigenvalue weighted by molar-refractivity contribution is -0.384. The van der Waals surface area contributed by atoms with E-state index < -0.39 is 22.3 Å². The number of anilines is 1. The maximum atomic E-state index is 13.8. The van der Waals surface area contributed by atoms with Crippen LogP contribution in [-0.2, 0) is 0 Å². The second-order valence-electron chi connectivity index (χ2n) is 4.94. The lowest BCUT2D eigenvalue weighted by atomic mass is 10.1. The molecule has 1 atom stereocenters. The summed E-state index contributed by atoms with van der Waals surface area (Å²) < 4.78 is 13.8. The minimum atomic E-state index is -1.52. The van der Waals surface area contributed by atoms with Gasteiger partial charge < -0.3 is 10.0 Å². The van der Waals surface area contributed by atoms with E-state index in [9.17, 15) is 19.3 Å². The Bertz CT molecular complexity index is 548. The van der Waals surface area contributed by atoms with Crippen LogP contribution < -0.4 is 4.90 Å². The summed E-state index contributed by atoms with van der Waals surface area (Å²) in [4.78, 5) is 23.1. The van der Waals surface area contributed by atoms with Gasteiger partial charge in [-0.3, -0.25) is 10.1 Å². The minimum Gasteiger partial charge on any atom is -0.478 e. The zero-order valence-corrected chi connectivity index (χ0v) is 12.3. The zero-order chi connectivity index (χ0) is 16.2. The highest BCUT2D eigenvalue weighted by molar-refractivity contribution is 5.90. The Morgan fingerprint density at radius 2 is 2.10 bits per heavy atom. The number of hydrogen-bond acceptors (Lipinski definition) is 4. The highest BCUT2D eigenvalue weighted by atomic mass is 19.1. The number of benzene rings is 1. The summed E-state index contributed by atoms with van der Waals surface area (Å²) >= 11 is 0. The minimum absolute atomic E-state index is 0.116. The molecule has 0 aliphatic heterocycles. The third kappa shape index (κ3) is 3.90. The van der Waals surface area contributed by atoms with Crippen molar-refractivity contribution < 1.29 is 19.2 Å². The van der Waals surface area contributed by atoms with Gasteiger partial charge in [0.15, 0.2) is 0 Å². The highest BCUT2D eigenvalue weighted by Crippen LogP contribution is 2.32. The van der Waals surface area contributed by atoms with Gasteiger partial charge in [-0.1, -0.05) is 20.3 Å². The van der Waals surface area contributed by atoms with Gasteiger partial charge in [-0.2, -0.15) is 0 Å². The smallest absolute Gasteiger partial charge is 0.338 e. The van der Waals surface area contributed by atoms with Crippen LogP contribution in [0.1, 0.15) is 37.6 Å². The topological polar surface area (TPSA) is 83.7 Å². The molecule has 1 aromatic carbocycles. The van der Waals surface area contributed by atoms with E-state index in [1.807, 2.05) is 20.8 Å². The largest absolute Gasteiger partial charge is 0.478 e. The average molecular weight is 298 g/mol. The van der Waals surface area contributed by atoms with Gasteiger partial charge in [0.05, 0.1) is 4.92 Å². The van der Waals surface area contributed by atoms with Crippen molar-refractivity contribution in [3.05, 3.63) is 33.6 Å². The van der Waals surface area contributed by atoms with Gasteiger partial charge in [-0.15, -0.1) is 0 Å². The number of nitro benzene ring substituents is 1. The second kappa shape index (κ2) is 7.01. The van der Waals surface area contributed by atoms with Crippen LogP contribution in [0.2, 0.25) is 0 Å². The SMILES string of the molecule is CCC(C)CN(CC)c1cc(F)c(C(=O)O)cc1[N+](=O)[O-]. The van der Waals surface area contributed by atoms with E-state index in [4.69, 9.17) is 5.11 Å². The summed E-state index contributed by atoms with van der Waals surface area (Å²) in [6.07, 6.45) is 0.889. The molecule has 0 saturated carbocycles. The van der Waals surface area contributed by atoms with Gasteiger partial charge in [0.2, 0.25) is 0 Å². The molecule has 0 heterocycles. The molecule has 1 rings (SSSR count). The number of carboxylic acids is 1. The lowest BCUT2D eigenvalue weighted by Gasteiger charge is -2.26. The summed E-state index contributed by atoms with van der Waals surface area (Å²) in [7, 11) is 0. The van der Waals surface area contributed by atoms with Gasteiger partial charge in [0, 0.05) is 25.2 Å². The van der Waals surface area contributed by atoms with E-state index in [2.05, 4.69) is 0 Å². The molecular weight excluding hydrogens is 279 g/mol. The first-order chi connectivity index (χ1) is 9.81. The van der Waals surface area contributed by atoms with Gasteiger partial charge >= 0.3 is 5.97 Å². The number of carbonyl (C=O) groups is 1. The number of hydrogen-bond donors (Lipinski definition) is 1. The molecule has 0 aliphatic rings. The molecule has 7 heteroatoms. The molecule has 116 valence electrons. The average Bonchev–Trinajstić information content (AvgIpc) is 2.43. The maximum Gasteiger partial charge on any atom is 0.338 e. The molecule has 0 radical (unpaired) electrons. The third-order valence-corrected chi connectivity index (χ3v) is 3.44. The van der Waals surface area contributed by atoms with E-state index in [1.54, 1.807) is 4.90 Å². The monoisotopic (exact) mass is 298 g/mol. The Morgan fingerprint density at radius 3 is 2.52 bits per heavy atom. The number of rotatable bonds is 7. The third-order valence-electron chi connectivity index (χ3n) is 3.44. The zero-order valence-electron chi connectivity index (χ0n) is 12.3. The van der Waals surface area contributed by atoms with Gasteiger partial charge in [-0.25, -0.2) is 9.18 Å². The van der Waals surface area contributed by atoms with Crippen molar-refractivity contribution in [3.8, 4) is 0 Å². The fraction of sp³-hybridized carbons (Fsp3) is 0.500. The number of nitrogens with zero attached hydrogens (tertiary/aromatic N) is 2. The quantitative estimate of drug-likeness (QED) is 0.616. The van der Waals surface area contributed by atoms with E-state index in [0.29, 0.717) is 13.1 Å². The lowest BCUT2D eigenvalue weighted by Crippen LogP contribution is -2.29. The van der Waals surface area contributed by atoms with E-state index >= 15 is 0 Å². The van der Waals surface area contributed by atoms with Crippen LogP contribution in [0.15, 0.2) is 12.1 Å². The molecule has 0 spiro atoms. The molecule has 0 fully saturated rings. The van der Waals surface area contributed by atoms with Crippen molar-refractivity contribution in [3.63, 3.8) is 0 Å². The predicted octanol–water partition coefficient (Wildman–Crippen LogP) is 3.30. The van der Waals surface area contributed by atoms with E-state index in [0.717, 1.165) is 18.6 Å². The van der Waals surface area contributed by atoms with Crippen LogP contribution in [0.3, 0.4) is 0 Å². The van der Waals surface area contributed by atoms with Crippen molar-refractivity contribution in [2.45, 2.75) is 27.2 Å². The van der Waals surface area contributed by atoms with Gasteiger partial charge in [-0.05, 0) is 12.8 Å². The van der Waals surface area contributed by atoms with Crippen LogP contribution in [0, 0.1) is 21.8 Å². The van der Waals surface area contributed by atoms with E-state index in [1.165, 1.54) is 0 Å². The Labute approximate surface area is 122 Å². The fourth-order valence-corrected chi connectivity index (χ4v) is 2.02. The first-order valence-electron chi connectivity index (χ1n) is 6.77. The number of halogens is 1. The molecule has 0 bridgehead atoms. The van der Waals surface area contributed by atoms with Crippen molar-refractivity contribution in [1.82, 2.24) is 0 Å². The molecule has 21 heavy (non-hydrogen) atoms. The van der Waals surface area contributed by atoms with Crippen molar-refractivity contribution >= 4 is 17.3 Å². The van der Waals surface area contributed by atoms with E-state index in [-0.39, 0.29) is 17.3 Å². The van der Waals surface area contributed by atoms with Crippen LogP contribution in [-0.4, -0.2) is 29.1 Å². The molecular formula is C14H19FN2O4. The highest BCUT2D eigenvalue weighted by Gasteiger charge is 2.25. The van der Waals surface area contributed by atoms with Crippen molar-refractivity contribution in [2.75, 3.05) is 18.0 Å². The molecule has 0 amide bonds. The Morgan fingerprint density at radius 1 is 1.48 bits per heavy atom. The second-order valence-corrected chi connectivity index (χ2v) is 4.94. The normalized spacial score (nSPS) is 12.0. The number of nitro groups is 1. The Balaban J connectivity index is 3.35. The summed E-state index contributed by atoms with van der Waals surface area (Å²) in [5, 5.41) is 20.0. The first-order valence-corrected chi connectivity index (χ1v) is 6.77. The predicted molar refractivity (Wildman–Crippen MR) is 77.4 cm³/mol. The Hall–Kier alpha value is -2.18. The summed E-state index contributed by atoms with van der Waals surface area (Å²) in [6.45, 7) is 6.82.